The van der Waals surface area contributed by atoms with Crippen LogP contribution < -0.4 is 5.32 Å². The van der Waals surface area contributed by atoms with Gasteiger partial charge in [-0.05, 0) is 25.5 Å². The molecule has 19 heavy (non-hydrogen) atoms. The van der Waals surface area contributed by atoms with Crippen LogP contribution in [0, 0.1) is 0 Å². The Morgan fingerprint density at radius 3 is 2.79 bits per heavy atom. The van der Waals surface area contributed by atoms with E-state index in [4.69, 9.17) is 11.6 Å². The summed E-state index contributed by atoms with van der Waals surface area (Å²) >= 11 is 6.06. The molecule has 0 aromatic heterocycles. The maximum atomic E-state index is 12.4. The second-order valence-corrected chi connectivity index (χ2v) is 5.54. The van der Waals surface area contributed by atoms with Gasteiger partial charge in [-0.15, -0.1) is 0 Å². The lowest BCUT2D eigenvalue weighted by molar-refractivity contribution is -0.148. The van der Waals surface area contributed by atoms with E-state index in [9.17, 15) is 9.59 Å². The molecule has 5 heteroatoms. The maximum absolute atomic E-state index is 12.4. The van der Waals surface area contributed by atoms with E-state index in [1.165, 1.54) is 0 Å². The maximum Gasteiger partial charge on any atom is 0.245 e. The van der Waals surface area contributed by atoms with Gasteiger partial charge in [-0.2, -0.15) is 0 Å². The van der Waals surface area contributed by atoms with Crippen molar-refractivity contribution in [2.45, 2.75) is 25.8 Å². The average Bonchev–Trinajstić information content (AvgIpc) is 2.35. The number of amides is 2. The van der Waals surface area contributed by atoms with Gasteiger partial charge in [0.05, 0.1) is 6.42 Å². The molecule has 1 aliphatic rings. The number of carbonyl (C=O) groups excluding carboxylic acids is 2. The topological polar surface area (TPSA) is 49.4 Å². The number of rotatable bonds is 2. The van der Waals surface area contributed by atoms with Gasteiger partial charge in [0.2, 0.25) is 11.8 Å². The number of nitrogens with one attached hydrogen (secondary N) is 1. The fourth-order valence-electron chi connectivity index (χ4n) is 2.24. The minimum Gasteiger partial charge on any atom is -0.352 e. The van der Waals surface area contributed by atoms with E-state index >= 15 is 0 Å². The van der Waals surface area contributed by atoms with Gasteiger partial charge in [0.15, 0.2) is 0 Å². The summed E-state index contributed by atoms with van der Waals surface area (Å²) in [5.74, 6) is -0.195. The molecule has 1 saturated heterocycles. The summed E-state index contributed by atoms with van der Waals surface area (Å²) in [6.45, 7) is 4.54. The van der Waals surface area contributed by atoms with E-state index in [0.29, 0.717) is 18.1 Å². The van der Waals surface area contributed by atoms with Gasteiger partial charge in [0.25, 0.3) is 0 Å². The number of benzene rings is 1. The molecule has 0 saturated carbocycles. The summed E-state index contributed by atoms with van der Waals surface area (Å²) in [6, 6.07) is 7.27. The Labute approximate surface area is 117 Å². The predicted molar refractivity (Wildman–Crippen MR) is 74.0 cm³/mol. The molecule has 0 unspecified atom stereocenters. The number of halogens is 1. The van der Waals surface area contributed by atoms with Crippen molar-refractivity contribution in [1.29, 1.82) is 0 Å². The molecule has 0 aliphatic carbocycles. The van der Waals surface area contributed by atoms with Crippen LogP contribution in [0.5, 0.6) is 0 Å². The molecule has 1 fully saturated rings. The Kier molecular flexibility index (Phi) is 3.80. The first-order chi connectivity index (χ1) is 8.93. The fourth-order valence-corrected chi connectivity index (χ4v) is 2.44. The highest BCUT2D eigenvalue weighted by molar-refractivity contribution is 6.31. The third-order valence-electron chi connectivity index (χ3n) is 3.45. The Morgan fingerprint density at radius 1 is 1.42 bits per heavy atom. The van der Waals surface area contributed by atoms with Crippen molar-refractivity contribution in [3.63, 3.8) is 0 Å². The number of hydrogen-bond donors (Lipinski definition) is 1. The van der Waals surface area contributed by atoms with Crippen molar-refractivity contribution in [3.8, 4) is 0 Å². The molecule has 0 radical (unpaired) electrons. The largest absolute Gasteiger partial charge is 0.352 e. The standard InChI is InChI=1S/C14H17ClN2O2/c1-14(2)13(19)16-7-8-17(14)12(18)9-10-5-3-4-6-11(10)15/h3-6H,7-9H2,1-2H3,(H,16,19). The number of piperazine rings is 1. The lowest BCUT2D eigenvalue weighted by Crippen LogP contribution is -2.63. The Balaban J connectivity index is 2.16. The van der Waals surface area contributed by atoms with Crippen LogP contribution in [0.3, 0.4) is 0 Å². The van der Waals surface area contributed by atoms with Crippen molar-refractivity contribution < 1.29 is 9.59 Å². The van der Waals surface area contributed by atoms with Gasteiger partial charge < -0.3 is 10.2 Å². The summed E-state index contributed by atoms with van der Waals surface area (Å²) in [7, 11) is 0. The number of hydrogen-bond acceptors (Lipinski definition) is 2. The molecule has 0 atom stereocenters. The highest BCUT2D eigenvalue weighted by atomic mass is 35.5. The molecule has 2 rings (SSSR count). The van der Waals surface area contributed by atoms with Crippen molar-refractivity contribution >= 4 is 23.4 Å². The number of nitrogens with zero attached hydrogens (tertiary/aromatic N) is 1. The van der Waals surface area contributed by atoms with E-state index in [-0.39, 0.29) is 18.2 Å². The SMILES string of the molecule is CC1(C)C(=O)NCCN1C(=O)Cc1ccccc1Cl. The lowest BCUT2D eigenvalue weighted by Gasteiger charge is -2.41. The van der Waals surface area contributed by atoms with E-state index in [2.05, 4.69) is 5.32 Å². The summed E-state index contributed by atoms with van der Waals surface area (Å²) in [5.41, 5.74) is -0.0210. The van der Waals surface area contributed by atoms with Crippen LogP contribution in [-0.4, -0.2) is 35.3 Å². The normalized spacial score (nSPS) is 18.1. The van der Waals surface area contributed by atoms with Crippen molar-refractivity contribution in [3.05, 3.63) is 34.9 Å². The smallest absolute Gasteiger partial charge is 0.245 e. The molecule has 4 nitrogen and oxygen atoms in total. The summed E-state index contributed by atoms with van der Waals surface area (Å²) in [6.07, 6.45) is 0.219. The van der Waals surface area contributed by atoms with E-state index in [0.717, 1.165) is 5.56 Å². The Morgan fingerprint density at radius 2 is 2.11 bits per heavy atom. The van der Waals surface area contributed by atoms with Crippen LogP contribution in [0.15, 0.2) is 24.3 Å². The van der Waals surface area contributed by atoms with Gasteiger partial charge in [-0.1, -0.05) is 29.8 Å². The zero-order valence-corrected chi connectivity index (χ0v) is 11.8. The molecule has 2 amide bonds. The van der Waals surface area contributed by atoms with E-state index < -0.39 is 5.54 Å². The highest BCUT2D eigenvalue weighted by Gasteiger charge is 2.40. The lowest BCUT2D eigenvalue weighted by atomic mass is 9.97. The monoisotopic (exact) mass is 280 g/mol. The highest BCUT2D eigenvalue weighted by Crippen LogP contribution is 2.21. The van der Waals surface area contributed by atoms with Gasteiger partial charge in [0.1, 0.15) is 5.54 Å². The third kappa shape index (κ3) is 2.73. The molecule has 1 heterocycles. The summed E-state index contributed by atoms with van der Waals surface area (Å²) < 4.78 is 0. The molecule has 102 valence electrons. The van der Waals surface area contributed by atoms with Crippen LogP contribution in [-0.2, 0) is 16.0 Å². The van der Waals surface area contributed by atoms with Gasteiger partial charge >= 0.3 is 0 Å². The Hall–Kier alpha value is -1.55. The first kappa shape index (κ1) is 13.9. The van der Waals surface area contributed by atoms with E-state index in [1.54, 1.807) is 24.8 Å². The van der Waals surface area contributed by atoms with E-state index in [1.807, 2.05) is 18.2 Å². The van der Waals surface area contributed by atoms with Crippen LogP contribution >= 0.6 is 11.6 Å². The van der Waals surface area contributed by atoms with Gasteiger partial charge in [-0.25, -0.2) is 0 Å². The molecule has 0 bridgehead atoms. The second kappa shape index (κ2) is 5.21. The van der Waals surface area contributed by atoms with Crippen molar-refractivity contribution in [2.75, 3.05) is 13.1 Å². The van der Waals surface area contributed by atoms with Crippen molar-refractivity contribution in [1.82, 2.24) is 10.2 Å². The average molecular weight is 281 g/mol. The summed E-state index contributed by atoms with van der Waals surface area (Å²) in [5, 5.41) is 3.35. The minimum absolute atomic E-state index is 0.0760. The molecule has 1 N–H and O–H groups in total. The molecular formula is C14H17ClN2O2. The predicted octanol–water partition coefficient (Wildman–Crippen LogP) is 1.62. The van der Waals surface area contributed by atoms with Crippen LogP contribution in [0.4, 0.5) is 0 Å². The molecule has 1 aromatic carbocycles. The van der Waals surface area contributed by atoms with Crippen LogP contribution in [0.2, 0.25) is 5.02 Å². The fraction of sp³-hybridized carbons (Fsp3) is 0.429. The van der Waals surface area contributed by atoms with Crippen LogP contribution in [0.1, 0.15) is 19.4 Å². The molecular weight excluding hydrogens is 264 g/mol. The number of carbonyl (C=O) groups is 2. The minimum atomic E-state index is -0.809. The Bertz CT molecular complexity index is 514. The first-order valence-corrected chi connectivity index (χ1v) is 6.63. The third-order valence-corrected chi connectivity index (χ3v) is 3.82. The summed E-state index contributed by atoms with van der Waals surface area (Å²) in [4.78, 5) is 25.8. The van der Waals surface area contributed by atoms with Gasteiger partial charge in [-0.3, -0.25) is 9.59 Å². The molecule has 0 spiro atoms. The van der Waals surface area contributed by atoms with Crippen molar-refractivity contribution in [2.24, 2.45) is 0 Å². The molecule has 1 aromatic rings. The quantitative estimate of drug-likeness (QED) is 0.895. The first-order valence-electron chi connectivity index (χ1n) is 6.25. The molecule has 1 aliphatic heterocycles. The zero-order chi connectivity index (χ0) is 14.0. The van der Waals surface area contributed by atoms with Crippen LogP contribution in [0.25, 0.3) is 0 Å². The zero-order valence-electron chi connectivity index (χ0n) is 11.1. The van der Waals surface area contributed by atoms with Gasteiger partial charge in [0, 0.05) is 18.1 Å². The second-order valence-electron chi connectivity index (χ2n) is 5.13.